The van der Waals surface area contributed by atoms with E-state index in [1.54, 1.807) is 47.0 Å². The highest BCUT2D eigenvalue weighted by Crippen LogP contribution is 2.25. The van der Waals surface area contributed by atoms with E-state index in [1.165, 1.54) is 0 Å². The molecule has 2 aromatic heterocycles. The predicted molar refractivity (Wildman–Crippen MR) is 72.0 cm³/mol. The van der Waals surface area contributed by atoms with Crippen LogP contribution in [0.1, 0.15) is 10.5 Å². The monoisotopic (exact) mass is 253 g/mol. The third-order valence-electron chi connectivity index (χ3n) is 2.89. The fourth-order valence-electron chi connectivity index (χ4n) is 2.09. The van der Waals surface area contributed by atoms with Crippen LogP contribution in [0.15, 0.2) is 48.7 Å². The number of nitrogens with two attached hydrogens (primary N) is 1. The fourth-order valence-corrected chi connectivity index (χ4v) is 2.09. The van der Waals surface area contributed by atoms with Crippen LogP contribution >= 0.6 is 0 Å². The Kier molecular flexibility index (Phi) is 2.45. The van der Waals surface area contributed by atoms with E-state index in [9.17, 15) is 9.90 Å². The maximum Gasteiger partial charge on any atom is 0.355 e. The van der Waals surface area contributed by atoms with Gasteiger partial charge in [-0.25, -0.2) is 9.78 Å². The standard InChI is InChI=1S/C14H11N3O2/c15-10-5-3-4-9(8-10)12-13(14(18)19)17-7-2-1-6-11(17)16-12/h1-8H,15H2,(H,18,19). The lowest BCUT2D eigenvalue weighted by Gasteiger charge is -2.01. The second-order valence-corrected chi connectivity index (χ2v) is 4.17. The molecule has 0 aliphatic rings. The van der Waals surface area contributed by atoms with Gasteiger partial charge in [0.2, 0.25) is 0 Å². The van der Waals surface area contributed by atoms with Crippen molar-refractivity contribution in [3.8, 4) is 11.3 Å². The summed E-state index contributed by atoms with van der Waals surface area (Å²) in [5.41, 5.74) is 8.16. The average Bonchev–Trinajstić information content (AvgIpc) is 2.78. The van der Waals surface area contributed by atoms with Crippen molar-refractivity contribution in [1.29, 1.82) is 0 Å². The summed E-state index contributed by atoms with van der Waals surface area (Å²) in [4.78, 5) is 15.8. The minimum absolute atomic E-state index is 0.140. The fraction of sp³-hybridized carbons (Fsp3) is 0. The second kappa shape index (κ2) is 4.13. The van der Waals surface area contributed by atoms with Gasteiger partial charge in [0.25, 0.3) is 0 Å². The number of nitrogen functional groups attached to an aromatic ring is 1. The molecule has 0 atom stereocenters. The van der Waals surface area contributed by atoms with E-state index in [-0.39, 0.29) is 5.69 Å². The summed E-state index contributed by atoms with van der Waals surface area (Å²) in [5.74, 6) is -1.02. The molecule has 94 valence electrons. The molecule has 3 N–H and O–H groups in total. The largest absolute Gasteiger partial charge is 0.476 e. The summed E-state index contributed by atoms with van der Waals surface area (Å²) in [6.45, 7) is 0. The van der Waals surface area contributed by atoms with Gasteiger partial charge in [-0.3, -0.25) is 4.40 Å². The van der Waals surface area contributed by atoms with E-state index in [4.69, 9.17) is 5.73 Å². The van der Waals surface area contributed by atoms with E-state index >= 15 is 0 Å². The molecule has 0 unspecified atom stereocenters. The number of pyridine rings is 1. The predicted octanol–water partition coefficient (Wildman–Crippen LogP) is 2.28. The molecule has 5 heteroatoms. The number of rotatable bonds is 2. The number of carboxylic acid groups (broad SMARTS) is 1. The molecule has 3 aromatic rings. The van der Waals surface area contributed by atoms with Crippen LogP contribution in [0.25, 0.3) is 16.9 Å². The van der Waals surface area contributed by atoms with Gasteiger partial charge in [0.05, 0.1) is 0 Å². The Morgan fingerprint density at radius 2 is 2.05 bits per heavy atom. The molecule has 1 aromatic carbocycles. The number of imidazole rings is 1. The lowest BCUT2D eigenvalue weighted by atomic mass is 10.1. The van der Waals surface area contributed by atoms with E-state index in [2.05, 4.69) is 4.98 Å². The highest BCUT2D eigenvalue weighted by molar-refractivity contribution is 5.95. The number of aromatic carboxylic acids is 1. The number of aromatic nitrogens is 2. The van der Waals surface area contributed by atoms with Crippen LogP contribution in [-0.2, 0) is 0 Å². The van der Waals surface area contributed by atoms with Gasteiger partial charge in [0.1, 0.15) is 11.3 Å². The van der Waals surface area contributed by atoms with Crippen LogP contribution in [0, 0.1) is 0 Å². The summed E-state index contributed by atoms with van der Waals surface area (Å²) in [6, 6.07) is 12.4. The van der Waals surface area contributed by atoms with Gasteiger partial charge in [-0.2, -0.15) is 0 Å². The Labute approximate surface area is 108 Å². The van der Waals surface area contributed by atoms with Crippen LogP contribution in [0.3, 0.4) is 0 Å². The van der Waals surface area contributed by atoms with Gasteiger partial charge < -0.3 is 10.8 Å². The Morgan fingerprint density at radius 1 is 1.21 bits per heavy atom. The normalized spacial score (nSPS) is 10.7. The molecule has 0 radical (unpaired) electrons. The number of carboxylic acids is 1. The average molecular weight is 253 g/mol. The summed E-state index contributed by atoms with van der Waals surface area (Å²) in [5, 5.41) is 9.39. The number of carbonyl (C=O) groups is 1. The summed E-state index contributed by atoms with van der Waals surface area (Å²) >= 11 is 0. The number of hydrogen-bond acceptors (Lipinski definition) is 3. The Bertz CT molecular complexity index is 777. The second-order valence-electron chi connectivity index (χ2n) is 4.17. The third-order valence-corrected chi connectivity index (χ3v) is 2.89. The number of fused-ring (bicyclic) bond motifs is 1. The first-order valence-corrected chi connectivity index (χ1v) is 5.73. The van der Waals surface area contributed by atoms with Gasteiger partial charge in [-0.05, 0) is 24.3 Å². The zero-order valence-corrected chi connectivity index (χ0v) is 9.95. The van der Waals surface area contributed by atoms with E-state index in [0.717, 1.165) is 0 Å². The smallest absolute Gasteiger partial charge is 0.355 e. The van der Waals surface area contributed by atoms with Gasteiger partial charge in [-0.1, -0.05) is 18.2 Å². The van der Waals surface area contributed by atoms with Crippen molar-refractivity contribution >= 4 is 17.3 Å². The molecular formula is C14H11N3O2. The summed E-state index contributed by atoms with van der Waals surface area (Å²) < 4.78 is 1.56. The zero-order valence-electron chi connectivity index (χ0n) is 9.95. The van der Waals surface area contributed by atoms with Crippen LogP contribution in [0.2, 0.25) is 0 Å². The molecule has 0 saturated heterocycles. The van der Waals surface area contributed by atoms with Crippen molar-refractivity contribution in [3.63, 3.8) is 0 Å². The summed E-state index contributed by atoms with van der Waals surface area (Å²) in [7, 11) is 0. The number of benzene rings is 1. The van der Waals surface area contributed by atoms with Crippen molar-refractivity contribution in [2.75, 3.05) is 5.73 Å². The van der Waals surface area contributed by atoms with Crippen molar-refractivity contribution in [2.45, 2.75) is 0 Å². The van der Waals surface area contributed by atoms with Crippen molar-refractivity contribution in [2.24, 2.45) is 0 Å². The maximum atomic E-state index is 11.5. The van der Waals surface area contributed by atoms with Crippen molar-refractivity contribution < 1.29 is 9.90 Å². The van der Waals surface area contributed by atoms with Crippen molar-refractivity contribution in [3.05, 3.63) is 54.4 Å². The lowest BCUT2D eigenvalue weighted by molar-refractivity contribution is 0.0690. The Morgan fingerprint density at radius 3 is 2.79 bits per heavy atom. The minimum atomic E-state index is -1.02. The SMILES string of the molecule is Nc1cccc(-c2nc3ccccn3c2C(=O)O)c1. The Hall–Kier alpha value is -2.82. The summed E-state index contributed by atoms with van der Waals surface area (Å²) in [6.07, 6.45) is 1.68. The van der Waals surface area contributed by atoms with Gasteiger partial charge in [0, 0.05) is 17.4 Å². The number of hydrogen-bond donors (Lipinski definition) is 2. The zero-order chi connectivity index (χ0) is 13.4. The van der Waals surface area contributed by atoms with Crippen molar-refractivity contribution in [1.82, 2.24) is 9.38 Å². The minimum Gasteiger partial charge on any atom is -0.476 e. The molecule has 0 bridgehead atoms. The van der Waals surface area contributed by atoms with Crippen LogP contribution in [0.5, 0.6) is 0 Å². The lowest BCUT2D eigenvalue weighted by Crippen LogP contribution is -2.03. The molecule has 0 aliphatic heterocycles. The topological polar surface area (TPSA) is 80.6 Å². The first-order valence-electron chi connectivity index (χ1n) is 5.73. The molecule has 0 aliphatic carbocycles. The number of anilines is 1. The molecule has 0 saturated carbocycles. The highest BCUT2D eigenvalue weighted by atomic mass is 16.4. The van der Waals surface area contributed by atoms with E-state index in [1.807, 2.05) is 6.07 Å². The first-order chi connectivity index (χ1) is 9.16. The molecule has 5 nitrogen and oxygen atoms in total. The van der Waals surface area contributed by atoms with Gasteiger partial charge in [-0.15, -0.1) is 0 Å². The van der Waals surface area contributed by atoms with Gasteiger partial charge >= 0.3 is 5.97 Å². The number of nitrogens with zero attached hydrogens (tertiary/aromatic N) is 2. The van der Waals surface area contributed by atoms with E-state index < -0.39 is 5.97 Å². The molecule has 0 spiro atoms. The Balaban J connectivity index is 2.34. The van der Waals surface area contributed by atoms with E-state index in [0.29, 0.717) is 22.6 Å². The van der Waals surface area contributed by atoms with Crippen LogP contribution in [0.4, 0.5) is 5.69 Å². The molecule has 0 amide bonds. The molecule has 2 heterocycles. The molecular weight excluding hydrogens is 242 g/mol. The van der Waals surface area contributed by atoms with Crippen LogP contribution in [-0.4, -0.2) is 20.5 Å². The molecule has 3 rings (SSSR count). The maximum absolute atomic E-state index is 11.5. The molecule has 0 fully saturated rings. The van der Waals surface area contributed by atoms with Crippen LogP contribution < -0.4 is 5.73 Å². The quantitative estimate of drug-likeness (QED) is 0.686. The van der Waals surface area contributed by atoms with Gasteiger partial charge in [0.15, 0.2) is 5.69 Å². The highest BCUT2D eigenvalue weighted by Gasteiger charge is 2.19. The molecule has 19 heavy (non-hydrogen) atoms. The first kappa shape index (κ1) is 11.3. The third kappa shape index (κ3) is 1.81.